The number of benzene rings is 2. The normalized spacial score (nSPS) is 10.8. The first kappa shape index (κ1) is 13.5. The molecule has 0 unspecified atom stereocenters. The van der Waals surface area contributed by atoms with Gasteiger partial charge in [0.2, 0.25) is 0 Å². The molecule has 0 fully saturated rings. The number of fused-ring (bicyclic) bond motifs is 1. The second-order valence-electron chi connectivity index (χ2n) is 4.41. The molecule has 0 aliphatic rings. The van der Waals surface area contributed by atoms with Gasteiger partial charge in [0.15, 0.2) is 5.82 Å². The molecule has 0 aliphatic heterocycles. The Morgan fingerprint density at radius 2 is 1.90 bits per heavy atom. The summed E-state index contributed by atoms with van der Waals surface area (Å²) in [6, 6.07) is 10.6. The number of aromatic nitrogens is 2. The molecule has 3 rings (SSSR count). The Balaban J connectivity index is 2.31. The van der Waals surface area contributed by atoms with Crippen molar-refractivity contribution < 1.29 is 8.78 Å². The van der Waals surface area contributed by atoms with Gasteiger partial charge in [0.25, 0.3) is 0 Å². The lowest BCUT2D eigenvalue weighted by atomic mass is 10.2. The topological polar surface area (TPSA) is 41.6 Å². The van der Waals surface area contributed by atoms with E-state index in [9.17, 15) is 8.78 Å². The molecule has 0 radical (unpaired) electrons. The third-order valence-corrected chi connectivity index (χ3v) is 3.36. The minimum Gasteiger partial charge on any atom is -0.295 e. The van der Waals surface area contributed by atoms with E-state index in [-0.39, 0.29) is 11.4 Å². The maximum atomic E-state index is 13.8. The molecule has 104 valence electrons. The second-order valence-corrected chi connectivity index (χ2v) is 4.68. The quantitative estimate of drug-likeness (QED) is 0.673. The van der Waals surface area contributed by atoms with Crippen molar-refractivity contribution in [3.05, 3.63) is 59.4 Å². The van der Waals surface area contributed by atoms with Crippen LogP contribution < -0.4 is 0 Å². The Kier molecular flexibility index (Phi) is 3.32. The van der Waals surface area contributed by atoms with Gasteiger partial charge in [0.05, 0.1) is 23.0 Å². The molecule has 0 saturated carbocycles. The summed E-state index contributed by atoms with van der Waals surface area (Å²) >= 11 is 5.85. The average Bonchev–Trinajstić information content (AvgIpc) is 2.86. The molecule has 0 bridgehead atoms. The zero-order valence-corrected chi connectivity index (χ0v) is 11.4. The standard InChI is InChI=1S/C15H8ClF2N3/c16-7-14-20-15-12(18)5-10(17)6-13(15)21(14)11-3-1-9(8-19)2-4-11/h1-6H,7H2. The second kappa shape index (κ2) is 5.15. The molecular formula is C15H8ClF2N3. The van der Waals surface area contributed by atoms with Crippen LogP contribution in [0.1, 0.15) is 11.4 Å². The van der Waals surface area contributed by atoms with E-state index in [0.29, 0.717) is 22.6 Å². The van der Waals surface area contributed by atoms with Crippen molar-refractivity contribution in [1.82, 2.24) is 9.55 Å². The fraction of sp³-hybridized carbons (Fsp3) is 0.0667. The van der Waals surface area contributed by atoms with Crippen LogP contribution in [-0.2, 0) is 5.88 Å². The van der Waals surface area contributed by atoms with E-state index in [0.717, 1.165) is 6.07 Å². The molecule has 0 spiro atoms. The lowest BCUT2D eigenvalue weighted by Gasteiger charge is -2.07. The van der Waals surface area contributed by atoms with Crippen LogP contribution in [0, 0.1) is 23.0 Å². The van der Waals surface area contributed by atoms with Gasteiger partial charge in [-0.2, -0.15) is 5.26 Å². The van der Waals surface area contributed by atoms with Crippen molar-refractivity contribution in [3.8, 4) is 11.8 Å². The molecule has 0 saturated heterocycles. The number of hydrogen-bond acceptors (Lipinski definition) is 2. The Morgan fingerprint density at radius 3 is 2.52 bits per heavy atom. The van der Waals surface area contributed by atoms with Crippen molar-refractivity contribution in [3.63, 3.8) is 0 Å². The van der Waals surface area contributed by atoms with Crippen molar-refractivity contribution in [1.29, 1.82) is 5.26 Å². The molecule has 6 heteroatoms. The van der Waals surface area contributed by atoms with E-state index in [1.807, 2.05) is 6.07 Å². The van der Waals surface area contributed by atoms with Crippen molar-refractivity contribution in [2.24, 2.45) is 0 Å². The fourth-order valence-corrected chi connectivity index (χ4v) is 2.39. The molecular weight excluding hydrogens is 296 g/mol. The van der Waals surface area contributed by atoms with E-state index >= 15 is 0 Å². The largest absolute Gasteiger partial charge is 0.295 e. The van der Waals surface area contributed by atoms with Gasteiger partial charge in [-0.15, -0.1) is 11.6 Å². The number of imidazole rings is 1. The molecule has 0 N–H and O–H groups in total. The predicted octanol–water partition coefficient (Wildman–Crippen LogP) is 3.91. The minimum atomic E-state index is -0.733. The summed E-state index contributed by atoms with van der Waals surface area (Å²) in [5.74, 6) is -0.962. The van der Waals surface area contributed by atoms with Gasteiger partial charge in [-0.05, 0) is 24.3 Å². The van der Waals surface area contributed by atoms with Crippen LogP contribution in [0.3, 0.4) is 0 Å². The molecule has 0 amide bonds. The summed E-state index contributed by atoms with van der Waals surface area (Å²) in [4.78, 5) is 4.12. The highest BCUT2D eigenvalue weighted by molar-refractivity contribution is 6.17. The van der Waals surface area contributed by atoms with E-state index < -0.39 is 11.6 Å². The molecule has 1 aromatic heterocycles. The zero-order valence-electron chi connectivity index (χ0n) is 10.6. The lowest BCUT2D eigenvalue weighted by molar-refractivity contribution is 0.590. The van der Waals surface area contributed by atoms with Crippen LogP contribution >= 0.6 is 11.6 Å². The first-order valence-electron chi connectivity index (χ1n) is 6.07. The van der Waals surface area contributed by atoms with Gasteiger partial charge in [-0.1, -0.05) is 0 Å². The number of nitriles is 1. The van der Waals surface area contributed by atoms with Gasteiger partial charge in [-0.3, -0.25) is 4.57 Å². The van der Waals surface area contributed by atoms with Crippen LogP contribution in [0.15, 0.2) is 36.4 Å². The number of hydrogen-bond donors (Lipinski definition) is 0. The van der Waals surface area contributed by atoms with E-state index in [4.69, 9.17) is 16.9 Å². The van der Waals surface area contributed by atoms with Crippen LogP contribution in [0.2, 0.25) is 0 Å². The Morgan fingerprint density at radius 1 is 1.19 bits per heavy atom. The van der Waals surface area contributed by atoms with E-state index in [1.54, 1.807) is 28.8 Å². The maximum Gasteiger partial charge on any atom is 0.153 e. The van der Waals surface area contributed by atoms with Crippen molar-refractivity contribution in [2.45, 2.75) is 5.88 Å². The highest BCUT2D eigenvalue weighted by Gasteiger charge is 2.16. The smallest absolute Gasteiger partial charge is 0.153 e. The van der Waals surface area contributed by atoms with Crippen LogP contribution in [0.4, 0.5) is 8.78 Å². The molecule has 3 nitrogen and oxygen atoms in total. The van der Waals surface area contributed by atoms with Crippen molar-refractivity contribution in [2.75, 3.05) is 0 Å². The lowest BCUT2D eigenvalue weighted by Crippen LogP contribution is -1.99. The van der Waals surface area contributed by atoms with Gasteiger partial charge in [0.1, 0.15) is 17.2 Å². The van der Waals surface area contributed by atoms with Gasteiger partial charge < -0.3 is 0 Å². The molecule has 3 aromatic rings. The monoisotopic (exact) mass is 303 g/mol. The maximum absolute atomic E-state index is 13.8. The first-order chi connectivity index (χ1) is 10.1. The summed E-state index contributed by atoms with van der Waals surface area (Å²) in [6.45, 7) is 0. The van der Waals surface area contributed by atoms with E-state index in [1.165, 1.54) is 6.07 Å². The van der Waals surface area contributed by atoms with E-state index in [2.05, 4.69) is 4.98 Å². The number of alkyl halides is 1. The van der Waals surface area contributed by atoms with Gasteiger partial charge >= 0.3 is 0 Å². The zero-order chi connectivity index (χ0) is 15.0. The summed E-state index contributed by atoms with van der Waals surface area (Å²) in [7, 11) is 0. The number of halogens is 3. The number of rotatable bonds is 2. The molecule has 0 atom stereocenters. The SMILES string of the molecule is N#Cc1ccc(-n2c(CCl)nc3c(F)cc(F)cc32)cc1. The summed E-state index contributed by atoms with van der Waals surface area (Å²) in [5.41, 5.74) is 1.49. The summed E-state index contributed by atoms with van der Waals surface area (Å²) in [6.07, 6.45) is 0. The van der Waals surface area contributed by atoms with Gasteiger partial charge in [0, 0.05) is 17.8 Å². The van der Waals surface area contributed by atoms with Gasteiger partial charge in [-0.25, -0.2) is 13.8 Å². The Bertz CT molecular complexity index is 863. The summed E-state index contributed by atoms with van der Waals surface area (Å²) in [5, 5.41) is 8.81. The molecule has 1 heterocycles. The average molecular weight is 304 g/mol. The molecule has 2 aromatic carbocycles. The van der Waals surface area contributed by atoms with Crippen LogP contribution in [0.25, 0.3) is 16.7 Å². The third-order valence-electron chi connectivity index (χ3n) is 3.12. The predicted molar refractivity (Wildman–Crippen MR) is 75.3 cm³/mol. The highest BCUT2D eigenvalue weighted by atomic mass is 35.5. The Labute approximate surface area is 124 Å². The fourth-order valence-electron chi connectivity index (χ4n) is 2.21. The Hall–Kier alpha value is -2.45. The van der Waals surface area contributed by atoms with Crippen molar-refractivity contribution >= 4 is 22.6 Å². The van der Waals surface area contributed by atoms with Crippen LogP contribution in [-0.4, -0.2) is 9.55 Å². The molecule has 0 aliphatic carbocycles. The first-order valence-corrected chi connectivity index (χ1v) is 6.60. The third kappa shape index (κ3) is 2.24. The minimum absolute atomic E-state index is 0.0513. The molecule has 21 heavy (non-hydrogen) atoms. The number of nitrogens with zero attached hydrogens (tertiary/aromatic N) is 3. The summed E-state index contributed by atoms with van der Waals surface area (Å²) < 4.78 is 28.9. The van der Waals surface area contributed by atoms with Crippen LogP contribution in [0.5, 0.6) is 0 Å². The highest BCUT2D eigenvalue weighted by Crippen LogP contribution is 2.25.